The summed E-state index contributed by atoms with van der Waals surface area (Å²) in [7, 11) is 2.07. The molecule has 0 aromatic carbocycles. The Hall–Kier alpha value is -0.350. The van der Waals surface area contributed by atoms with Gasteiger partial charge in [-0.1, -0.05) is 0 Å². The van der Waals surface area contributed by atoms with Crippen LogP contribution in [-0.4, -0.2) is 103 Å². The van der Waals surface area contributed by atoms with Gasteiger partial charge >= 0.3 is 6.03 Å². The van der Waals surface area contributed by atoms with E-state index in [1.807, 2.05) is 13.8 Å². The summed E-state index contributed by atoms with van der Waals surface area (Å²) in [5.41, 5.74) is 0. The maximum absolute atomic E-state index is 11.8. The van der Waals surface area contributed by atoms with Gasteiger partial charge in [0.1, 0.15) is 12.2 Å². The molecule has 4 N–H and O–H groups in total. The van der Waals surface area contributed by atoms with Gasteiger partial charge in [0.05, 0.1) is 18.8 Å². The molecule has 0 bridgehead atoms. The smallest absolute Gasteiger partial charge is 0.315 e. The molecule has 0 aromatic heterocycles. The molecule has 10 heteroatoms. The number of nitrogens with zero attached hydrogens (tertiary/aromatic N) is 2. The predicted octanol–water partition coefficient (Wildman–Crippen LogP) is -0.726. The van der Waals surface area contributed by atoms with Crippen LogP contribution in [0.25, 0.3) is 0 Å². The Morgan fingerprint density at radius 2 is 1.80 bits per heavy atom. The van der Waals surface area contributed by atoms with E-state index in [0.29, 0.717) is 6.54 Å². The quantitative estimate of drug-likeness (QED) is 0.484. The summed E-state index contributed by atoms with van der Waals surface area (Å²) >= 11 is 0. The van der Waals surface area contributed by atoms with Crippen molar-refractivity contribution in [3.8, 4) is 0 Å². The number of rotatable bonds is 5. The second-order valence-corrected chi connectivity index (χ2v) is 6.73. The van der Waals surface area contributed by atoms with Crippen LogP contribution in [0.5, 0.6) is 0 Å². The van der Waals surface area contributed by atoms with Gasteiger partial charge in [0.15, 0.2) is 0 Å². The van der Waals surface area contributed by atoms with Crippen molar-refractivity contribution < 1.29 is 19.7 Å². The Morgan fingerprint density at radius 1 is 1.20 bits per heavy atom. The maximum atomic E-state index is 11.8. The Labute approximate surface area is 162 Å². The van der Waals surface area contributed by atoms with E-state index in [2.05, 4.69) is 27.5 Å². The molecule has 25 heavy (non-hydrogen) atoms. The summed E-state index contributed by atoms with van der Waals surface area (Å²) in [6.45, 7) is 7.42. The van der Waals surface area contributed by atoms with Gasteiger partial charge in [-0.05, 0) is 20.9 Å². The molecule has 0 aromatic rings. The number of carbonyl (C=O) groups excluding carboxylic acids is 1. The highest BCUT2D eigenvalue weighted by Gasteiger charge is 2.46. The molecule has 2 fully saturated rings. The number of urea groups is 1. The molecule has 4 atom stereocenters. The minimum Gasteiger partial charge on any atom is -0.394 e. The van der Waals surface area contributed by atoms with Gasteiger partial charge in [0, 0.05) is 38.8 Å². The van der Waals surface area contributed by atoms with Gasteiger partial charge in [0.25, 0.3) is 0 Å². The lowest BCUT2D eigenvalue weighted by Crippen LogP contribution is -2.57. The molecular formula is C15H32Cl2N4O4. The molecule has 150 valence electrons. The van der Waals surface area contributed by atoms with E-state index in [1.54, 1.807) is 0 Å². The first-order valence-corrected chi connectivity index (χ1v) is 8.33. The summed E-state index contributed by atoms with van der Waals surface area (Å²) in [5.74, 6) is 0. The van der Waals surface area contributed by atoms with E-state index in [4.69, 9.17) is 4.74 Å². The van der Waals surface area contributed by atoms with E-state index >= 15 is 0 Å². The number of carbonyl (C=O) groups is 1. The second-order valence-electron chi connectivity index (χ2n) is 6.73. The van der Waals surface area contributed by atoms with Crippen LogP contribution in [0, 0.1) is 0 Å². The maximum Gasteiger partial charge on any atom is 0.315 e. The minimum atomic E-state index is -0.747. The molecule has 0 saturated carbocycles. The molecule has 8 nitrogen and oxygen atoms in total. The van der Waals surface area contributed by atoms with Crippen LogP contribution in [0.15, 0.2) is 0 Å². The number of aliphatic hydroxyl groups excluding tert-OH is 2. The molecule has 2 heterocycles. The lowest BCUT2D eigenvalue weighted by atomic mass is 10.0. The third kappa shape index (κ3) is 6.71. The normalized spacial score (nSPS) is 30.5. The van der Waals surface area contributed by atoms with Crippen molar-refractivity contribution in [2.24, 2.45) is 0 Å². The zero-order valence-electron chi connectivity index (χ0n) is 15.1. The highest BCUT2D eigenvalue weighted by Crippen LogP contribution is 2.26. The van der Waals surface area contributed by atoms with E-state index in [-0.39, 0.29) is 55.6 Å². The molecule has 0 spiro atoms. The molecule has 2 saturated heterocycles. The lowest BCUT2D eigenvalue weighted by molar-refractivity contribution is -0.0206. The molecule has 2 rings (SSSR count). The third-order valence-electron chi connectivity index (χ3n) is 4.48. The Morgan fingerprint density at radius 3 is 2.32 bits per heavy atom. The molecule has 2 aliphatic heterocycles. The van der Waals surface area contributed by atoms with Gasteiger partial charge < -0.3 is 30.5 Å². The highest BCUT2D eigenvalue weighted by molar-refractivity contribution is 5.85. The number of likely N-dealkylation sites (N-methyl/N-ethyl adjacent to an activating group) is 1. The van der Waals surface area contributed by atoms with Crippen molar-refractivity contribution in [2.45, 2.75) is 44.2 Å². The molecule has 2 amide bonds. The van der Waals surface area contributed by atoms with Crippen molar-refractivity contribution in [1.29, 1.82) is 0 Å². The summed E-state index contributed by atoms with van der Waals surface area (Å²) in [4.78, 5) is 16.2. The molecule has 2 aliphatic rings. The van der Waals surface area contributed by atoms with Crippen molar-refractivity contribution in [1.82, 2.24) is 20.4 Å². The number of amides is 2. The number of aliphatic hydroxyl groups is 2. The Bertz CT molecular complexity index is 398. The van der Waals surface area contributed by atoms with Crippen LogP contribution in [0.3, 0.4) is 0 Å². The van der Waals surface area contributed by atoms with Crippen molar-refractivity contribution in [2.75, 3.05) is 46.4 Å². The Kier molecular flexibility index (Phi) is 11.2. The van der Waals surface area contributed by atoms with Crippen LogP contribution in [0.1, 0.15) is 13.8 Å². The summed E-state index contributed by atoms with van der Waals surface area (Å²) in [5, 5.41) is 25.4. The van der Waals surface area contributed by atoms with E-state index in [9.17, 15) is 15.0 Å². The zero-order chi connectivity index (χ0) is 17.0. The molecule has 0 aliphatic carbocycles. The van der Waals surface area contributed by atoms with Gasteiger partial charge in [-0.15, -0.1) is 24.8 Å². The van der Waals surface area contributed by atoms with Crippen LogP contribution < -0.4 is 10.6 Å². The number of nitrogens with one attached hydrogen (secondary N) is 2. The standard InChI is InChI=1S/C15H30N4O4.2ClH/c1-10(2)17-15(22)16-8-11-13(14(21)12(9-20)23-11)19-6-4-18(3)5-7-19;;/h10-14,20-21H,4-9H2,1-3H3,(H2,16,17,22);2*1H/t11-,12+,13+,14-;;/m1../s1. The fourth-order valence-electron chi connectivity index (χ4n) is 3.22. The highest BCUT2D eigenvalue weighted by atomic mass is 35.5. The van der Waals surface area contributed by atoms with Crippen molar-refractivity contribution in [3.63, 3.8) is 0 Å². The monoisotopic (exact) mass is 402 g/mol. The number of hydrogen-bond donors (Lipinski definition) is 4. The largest absolute Gasteiger partial charge is 0.394 e. The first-order valence-electron chi connectivity index (χ1n) is 8.33. The first-order chi connectivity index (χ1) is 10.9. The number of hydrogen-bond acceptors (Lipinski definition) is 6. The topological polar surface area (TPSA) is 97.3 Å². The van der Waals surface area contributed by atoms with Crippen LogP contribution >= 0.6 is 24.8 Å². The molecular weight excluding hydrogens is 371 g/mol. The first kappa shape index (κ1) is 24.7. The van der Waals surface area contributed by atoms with E-state index in [0.717, 1.165) is 26.2 Å². The lowest BCUT2D eigenvalue weighted by Gasteiger charge is -2.39. The SMILES string of the molecule is CC(C)NC(=O)NC[C@H]1O[C@@H](CO)[C@@H](O)[C@H]1N1CCN(C)CC1.Cl.Cl. The van der Waals surface area contributed by atoms with Gasteiger partial charge in [-0.3, -0.25) is 4.90 Å². The summed E-state index contributed by atoms with van der Waals surface area (Å²) in [6, 6.07) is -0.397. The van der Waals surface area contributed by atoms with Gasteiger partial charge in [-0.2, -0.15) is 0 Å². The van der Waals surface area contributed by atoms with Crippen LogP contribution in [0.2, 0.25) is 0 Å². The van der Waals surface area contributed by atoms with E-state index in [1.165, 1.54) is 0 Å². The van der Waals surface area contributed by atoms with E-state index < -0.39 is 12.2 Å². The predicted molar refractivity (Wildman–Crippen MR) is 101 cm³/mol. The van der Waals surface area contributed by atoms with Crippen molar-refractivity contribution in [3.05, 3.63) is 0 Å². The average Bonchev–Trinajstić information content (AvgIpc) is 2.81. The number of piperazine rings is 1. The van der Waals surface area contributed by atoms with Gasteiger partial charge in [-0.25, -0.2) is 4.79 Å². The van der Waals surface area contributed by atoms with Crippen LogP contribution in [-0.2, 0) is 4.74 Å². The average molecular weight is 403 g/mol. The summed E-state index contributed by atoms with van der Waals surface area (Å²) < 4.78 is 5.77. The zero-order valence-corrected chi connectivity index (χ0v) is 16.7. The number of ether oxygens (including phenoxy) is 1. The van der Waals surface area contributed by atoms with Crippen molar-refractivity contribution >= 4 is 30.8 Å². The Balaban J connectivity index is 0.00000288. The minimum absolute atomic E-state index is 0. The van der Waals surface area contributed by atoms with Crippen LogP contribution in [0.4, 0.5) is 4.79 Å². The number of halogens is 2. The third-order valence-corrected chi connectivity index (χ3v) is 4.48. The second kappa shape index (κ2) is 11.4. The molecule has 0 unspecified atom stereocenters. The fourth-order valence-corrected chi connectivity index (χ4v) is 3.22. The fraction of sp³-hybridized carbons (Fsp3) is 0.933. The molecule has 0 radical (unpaired) electrons. The summed E-state index contributed by atoms with van der Waals surface area (Å²) in [6.07, 6.45) is -1.67. The van der Waals surface area contributed by atoms with Gasteiger partial charge in [0.2, 0.25) is 0 Å².